The molecule has 1 saturated heterocycles. The number of esters is 1. The summed E-state index contributed by atoms with van der Waals surface area (Å²) in [6, 6.07) is 6.94. The number of para-hydroxylation sites is 1. The number of nitrogens with two attached hydrogens (primary N) is 1. The average molecular weight is 660 g/mol. The second kappa shape index (κ2) is 12.7. The number of rotatable bonds is 13. The molecule has 1 aliphatic heterocycles. The molecule has 5 rings (SSSR count). The van der Waals surface area contributed by atoms with E-state index in [2.05, 4.69) is 25.4 Å². The molecular weight excluding hydrogens is 627 g/mol. The molecule has 1 unspecified atom stereocenters. The van der Waals surface area contributed by atoms with E-state index in [9.17, 15) is 23.2 Å². The Morgan fingerprint density at radius 1 is 1.27 bits per heavy atom. The van der Waals surface area contributed by atoms with E-state index in [1.54, 1.807) is 32.0 Å². The lowest BCUT2D eigenvalue weighted by Gasteiger charge is -2.29. The smallest absolute Gasteiger partial charge is 0.459 e. The van der Waals surface area contributed by atoms with Crippen LogP contribution in [0.15, 0.2) is 36.7 Å². The maximum absolute atomic E-state index is 14.6. The SMILES string of the molecule is CC(C)OC(=O)[C@H](C)NP(=O)(OC[C@H]1O[C@@H](n2cnc3c(NC4CC4)nc(N)nc32)[C@@](Cl)(C(F)F)[C@@H]1O)Oc1ccccc1. The van der Waals surface area contributed by atoms with Crippen molar-refractivity contribution in [2.45, 2.75) is 81.5 Å². The molecular formula is C26H33ClF2N7O7P. The van der Waals surface area contributed by atoms with E-state index in [1.165, 1.54) is 25.4 Å². The molecule has 2 aliphatic rings. The molecule has 18 heteroatoms. The number of aliphatic hydroxyl groups excluding tert-OH is 1. The zero-order valence-corrected chi connectivity index (χ0v) is 25.6. The summed E-state index contributed by atoms with van der Waals surface area (Å²) >= 11 is 6.44. The number of nitrogen functional groups attached to an aromatic ring is 1. The Labute approximate surface area is 256 Å². The normalized spacial score (nSPS) is 25.7. The van der Waals surface area contributed by atoms with Crippen LogP contribution in [0.25, 0.3) is 11.2 Å². The molecule has 1 aromatic carbocycles. The van der Waals surface area contributed by atoms with Gasteiger partial charge in [-0.05, 0) is 45.7 Å². The van der Waals surface area contributed by atoms with Crippen molar-refractivity contribution in [3.8, 4) is 5.75 Å². The highest BCUT2D eigenvalue weighted by Crippen LogP contribution is 2.51. The number of hydrogen-bond acceptors (Lipinski definition) is 12. The molecule has 2 aromatic heterocycles. The van der Waals surface area contributed by atoms with Crippen LogP contribution in [0.4, 0.5) is 20.5 Å². The number of carbonyl (C=O) groups is 1. The summed E-state index contributed by atoms with van der Waals surface area (Å²) in [4.78, 5) is 22.3. The number of carbonyl (C=O) groups excluding carboxylic acids is 1. The van der Waals surface area contributed by atoms with Crippen molar-refractivity contribution in [1.82, 2.24) is 24.6 Å². The van der Waals surface area contributed by atoms with Gasteiger partial charge < -0.3 is 30.2 Å². The first-order valence-corrected chi connectivity index (χ1v) is 15.8. The monoisotopic (exact) mass is 659 g/mol. The lowest BCUT2D eigenvalue weighted by atomic mass is 9.99. The van der Waals surface area contributed by atoms with Gasteiger partial charge in [-0.1, -0.05) is 18.2 Å². The predicted molar refractivity (Wildman–Crippen MR) is 155 cm³/mol. The minimum absolute atomic E-state index is 0.0438. The molecule has 44 heavy (non-hydrogen) atoms. The summed E-state index contributed by atoms with van der Waals surface area (Å²) in [5.41, 5.74) is 6.18. The van der Waals surface area contributed by atoms with Gasteiger partial charge in [0, 0.05) is 6.04 Å². The topological polar surface area (TPSA) is 185 Å². The molecule has 3 heterocycles. The summed E-state index contributed by atoms with van der Waals surface area (Å²) in [5, 5.41) is 16.7. The fourth-order valence-corrected chi connectivity index (χ4v) is 6.35. The van der Waals surface area contributed by atoms with Gasteiger partial charge in [-0.25, -0.2) is 18.3 Å². The standard InChI is InChI=1S/C26H33ClF2N7O7P/c1-13(2)41-22(38)14(3)35-44(39,43-16-7-5-4-6-8-16)40-11-17-19(37)26(27,23(28)29)24(42-17)36-12-31-18-20(32-15-9-10-15)33-25(30)34-21(18)36/h4-8,12-15,17,19,23-24,37H,9-11H2,1-3H3,(H,35,39)(H3,30,32,33,34)/t14-,17+,19+,24+,26-,44?/m0/s1. The molecule has 14 nitrogen and oxygen atoms in total. The number of aromatic nitrogens is 4. The van der Waals surface area contributed by atoms with Gasteiger partial charge in [0.15, 0.2) is 28.1 Å². The highest BCUT2D eigenvalue weighted by atomic mass is 35.5. The van der Waals surface area contributed by atoms with Crippen LogP contribution < -0.4 is 20.7 Å². The quantitative estimate of drug-likeness (QED) is 0.119. The summed E-state index contributed by atoms with van der Waals surface area (Å²) < 4.78 is 66.3. The van der Waals surface area contributed by atoms with Gasteiger partial charge in [0.1, 0.15) is 24.0 Å². The Kier molecular flexibility index (Phi) is 9.31. The maximum atomic E-state index is 14.6. The van der Waals surface area contributed by atoms with E-state index in [-0.39, 0.29) is 28.9 Å². The largest absolute Gasteiger partial charge is 0.462 e. The number of benzene rings is 1. The van der Waals surface area contributed by atoms with Crippen molar-refractivity contribution in [2.24, 2.45) is 0 Å². The molecule has 1 saturated carbocycles. The molecule has 0 spiro atoms. The van der Waals surface area contributed by atoms with E-state index in [4.69, 9.17) is 35.9 Å². The van der Waals surface area contributed by atoms with Gasteiger partial charge in [-0.2, -0.15) is 15.1 Å². The summed E-state index contributed by atoms with van der Waals surface area (Å²) in [6.07, 6.45) is -6.03. The van der Waals surface area contributed by atoms with Gasteiger partial charge in [-0.3, -0.25) is 13.9 Å². The summed E-state index contributed by atoms with van der Waals surface area (Å²) in [6.45, 7) is 3.94. The lowest BCUT2D eigenvalue weighted by molar-refractivity contribution is -0.149. The Hall–Kier alpha value is -3.14. The van der Waals surface area contributed by atoms with Crippen LogP contribution >= 0.6 is 19.3 Å². The first-order chi connectivity index (χ1) is 20.8. The van der Waals surface area contributed by atoms with Crippen LogP contribution in [0.1, 0.15) is 39.8 Å². The van der Waals surface area contributed by atoms with Gasteiger partial charge in [0.2, 0.25) is 5.95 Å². The Morgan fingerprint density at radius 2 is 1.98 bits per heavy atom. The highest BCUT2D eigenvalue weighted by molar-refractivity contribution is 7.52. The number of anilines is 2. The second-order valence-electron chi connectivity index (χ2n) is 10.8. The Balaban J connectivity index is 1.41. The zero-order valence-electron chi connectivity index (χ0n) is 24.0. The van der Waals surface area contributed by atoms with E-state index in [0.29, 0.717) is 5.82 Å². The first-order valence-electron chi connectivity index (χ1n) is 13.9. The van der Waals surface area contributed by atoms with E-state index in [1.807, 2.05) is 0 Å². The second-order valence-corrected chi connectivity index (χ2v) is 13.2. The molecule has 1 aliphatic carbocycles. The number of alkyl halides is 3. The van der Waals surface area contributed by atoms with Crippen molar-refractivity contribution < 1.29 is 41.8 Å². The van der Waals surface area contributed by atoms with Crippen LogP contribution in [0.2, 0.25) is 0 Å². The third-order valence-corrected chi connectivity index (χ3v) is 9.09. The molecule has 0 bridgehead atoms. The molecule has 0 amide bonds. The molecule has 5 N–H and O–H groups in total. The molecule has 3 aromatic rings. The average Bonchev–Trinajstić information content (AvgIpc) is 3.61. The number of halogens is 3. The van der Waals surface area contributed by atoms with E-state index in [0.717, 1.165) is 17.4 Å². The molecule has 0 radical (unpaired) electrons. The van der Waals surface area contributed by atoms with Gasteiger partial charge in [0.05, 0.1) is 19.0 Å². The van der Waals surface area contributed by atoms with Crippen molar-refractivity contribution >= 4 is 48.2 Å². The molecule has 6 atom stereocenters. The summed E-state index contributed by atoms with van der Waals surface area (Å²) in [7, 11) is -4.42. The third-order valence-electron chi connectivity index (χ3n) is 6.87. The number of ether oxygens (including phenoxy) is 2. The fourth-order valence-electron chi connectivity index (χ4n) is 4.55. The molecule has 240 valence electrons. The van der Waals surface area contributed by atoms with Crippen LogP contribution in [0, 0.1) is 0 Å². The Morgan fingerprint density at radius 3 is 2.61 bits per heavy atom. The van der Waals surface area contributed by atoms with Crippen molar-refractivity contribution in [3.63, 3.8) is 0 Å². The number of fused-ring (bicyclic) bond motifs is 1. The molecule has 2 fully saturated rings. The first kappa shape index (κ1) is 32.3. The minimum atomic E-state index is -4.42. The van der Waals surface area contributed by atoms with Crippen LogP contribution in [-0.4, -0.2) is 78.9 Å². The predicted octanol–water partition coefficient (Wildman–Crippen LogP) is 3.62. The number of imidazole rings is 1. The maximum Gasteiger partial charge on any atom is 0.459 e. The third kappa shape index (κ3) is 6.75. The number of hydrogen-bond donors (Lipinski definition) is 4. The fraction of sp³-hybridized carbons (Fsp3) is 0.538. The summed E-state index contributed by atoms with van der Waals surface area (Å²) in [5.74, 6) is -0.442. The van der Waals surface area contributed by atoms with E-state index < -0.39 is 62.2 Å². The van der Waals surface area contributed by atoms with Gasteiger partial charge in [0.25, 0.3) is 6.43 Å². The van der Waals surface area contributed by atoms with Crippen molar-refractivity contribution in [2.75, 3.05) is 17.7 Å². The van der Waals surface area contributed by atoms with Crippen molar-refractivity contribution in [1.29, 1.82) is 0 Å². The van der Waals surface area contributed by atoms with E-state index >= 15 is 0 Å². The number of nitrogens with zero attached hydrogens (tertiary/aromatic N) is 4. The van der Waals surface area contributed by atoms with Crippen LogP contribution in [0.5, 0.6) is 5.75 Å². The van der Waals surface area contributed by atoms with Crippen LogP contribution in [0.3, 0.4) is 0 Å². The zero-order chi connectivity index (χ0) is 31.8. The van der Waals surface area contributed by atoms with Gasteiger partial charge in [-0.15, -0.1) is 11.6 Å². The number of nitrogens with one attached hydrogen (secondary N) is 2. The van der Waals surface area contributed by atoms with Crippen molar-refractivity contribution in [3.05, 3.63) is 36.7 Å². The van der Waals surface area contributed by atoms with Gasteiger partial charge >= 0.3 is 13.7 Å². The Bertz CT molecular complexity index is 1530. The number of aliphatic hydroxyl groups is 1. The minimum Gasteiger partial charge on any atom is -0.462 e. The van der Waals surface area contributed by atoms with Crippen LogP contribution in [-0.2, 0) is 23.4 Å². The highest BCUT2D eigenvalue weighted by Gasteiger charge is 2.62. The lowest BCUT2D eigenvalue weighted by Crippen LogP contribution is -2.48.